The molecule has 0 aromatic rings. The number of piperazine rings is 1. The highest BCUT2D eigenvalue weighted by molar-refractivity contribution is 5.06. The van der Waals surface area contributed by atoms with Crippen LogP contribution in [-0.2, 0) is 0 Å². The summed E-state index contributed by atoms with van der Waals surface area (Å²) >= 11 is 0. The first-order chi connectivity index (χ1) is 5.42. The van der Waals surface area contributed by atoms with Crippen molar-refractivity contribution in [2.45, 2.75) is 39.3 Å². The molecule has 0 radical (unpaired) electrons. The van der Waals surface area contributed by atoms with Crippen LogP contribution in [0.1, 0.15) is 27.7 Å². The topological polar surface area (TPSA) is 15.3 Å². The summed E-state index contributed by atoms with van der Waals surface area (Å²) in [5, 5.41) is 3.45. The van der Waals surface area contributed by atoms with Crippen LogP contribution < -0.4 is 5.32 Å². The molecule has 1 rings (SSSR count). The van der Waals surface area contributed by atoms with Gasteiger partial charge in [-0.25, -0.2) is 0 Å². The highest BCUT2D eigenvalue weighted by atomic mass is 15.2. The zero-order valence-corrected chi connectivity index (χ0v) is 8.65. The standard InChI is InChI=1S/C10H20N2/c1-8(2)12-7-10(4,5)11-6-9(12)3/h8,11H,3,6-7H2,1-2,4-5H3. The fourth-order valence-corrected chi connectivity index (χ4v) is 1.58. The highest BCUT2D eigenvalue weighted by Gasteiger charge is 2.28. The fraction of sp³-hybridized carbons (Fsp3) is 0.800. The van der Waals surface area contributed by atoms with Gasteiger partial charge in [-0.2, -0.15) is 0 Å². The van der Waals surface area contributed by atoms with Gasteiger partial charge in [0.2, 0.25) is 0 Å². The minimum Gasteiger partial charge on any atom is -0.370 e. The van der Waals surface area contributed by atoms with Gasteiger partial charge in [0.05, 0.1) is 0 Å². The summed E-state index contributed by atoms with van der Waals surface area (Å²) in [4.78, 5) is 2.37. The van der Waals surface area contributed by atoms with Gasteiger partial charge < -0.3 is 10.2 Å². The third-order valence-corrected chi connectivity index (χ3v) is 2.37. The lowest BCUT2D eigenvalue weighted by molar-refractivity contribution is 0.169. The number of hydrogen-bond acceptors (Lipinski definition) is 2. The molecule has 2 heteroatoms. The smallest absolute Gasteiger partial charge is 0.0355 e. The molecule has 0 amide bonds. The van der Waals surface area contributed by atoms with E-state index in [0.717, 1.165) is 13.1 Å². The molecule has 0 unspecified atom stereocenters. The van der Waals surface area contributed by atoms with E-state index in [1.807, 2.05) is 0 Å². The Hall–Kier alpha value is -0.500. The van der Waals surface area contributed by atoms with Gasteiger partial charge in [-0.05, 0) is 27.7 Å². The largest absolute Gasteiger partial charge is 0.370 e. The minimum atomic E-state index is 0.228. The van der Waals surface area contributed by atoms with Crippen molar-refractivity contribution in [1.29, 1.82) is 0 Å². The predicted octanol–water partition coefficient (Wildman–Crippen LogP) is 1.59. The van der Waals surface area contributed by atoms with Crippen LogP contribution in [0, 0.1) is 0 Å². The van der Waals surface area contributed by atoms with Crippen molar-refractivity contribution >= 4 is 0 Å². The number of hydrogen-bond donors (Lipinski definition) is 1. The first kappa shape index (κ1) is 9.59. The third kappa shape index (κ3) is 2.01. The monoisotopic (exact) mass is 168 g/mol. The second kappa shape index (κ2) is 3.09. The summed E-state index contributed by atoms with van der Waals surface area (Å²) in [6.45, 7) is 14.9. The van der Waals surface area contributed by atoms with Crippen molar-refractivity contribution in [2.75, 3.05) is 13.1 Å². The van der Waals surface area contributed by atoms with Crippen molar-refractivity contribution in [1.82, 2.24) is 10.2 Å². The van der Waals surface area contributed by atoms with Crippen LogP contribution in [0.3, 0.4) is 0 Å². The van der Waals surface area contributed by atoms with Crippen LogP contribution in [0.4, 0.5) is 0 Å². The molecular weight excluding hydrogens is 148 g/mol. The van der Waals surface area contributed by atoms with E-state index < -0.39 is 0 Å². The van der Waals surface area contributed by atoms with E-state index in [1.54, 1.807) is 0 Å². The van der Waals surface area contributed by atoms with Gasteiger partial charge in [-0.3, -0.25) is 0 Å². The van der Waals surface area contributed by atoms with Gasteiger partial charge in [-0.1, -0.05) is 6.58 Å². The second-order valence-electron chi connectivity index (χ2n) is 4.53. The molecule has 1 fully saturated rings. The van der Waals surface area contributed by atoms with E-state index in [1.165, 1.54) is 5.70 Å². The van der Waals surface area contributed by atoms with Crippen LogP contribution in [0.25, 0.3) is 0 Å². The molecule has 1 heterocycles. The predicted molar refractivity (Wildman–Crippen MR) is 53.1 cm³/mol. The Morgan fingerprint density at radius 2 is 2.08 bits per heavy atom. The van der Waals surface area contributed by atoms with Crippen molar-refractivity contribution in [3.05, 3.63) is 12.3 Å². The van der Waals surface area contributed by atoms with Gasteiger partial charge >= 0.3 is 0 Å². The Bertz CT molecular complexity index is 182. The zero-order chi connectivity index (χ0) is 9.35. The minimum absolute atomic E-state index is 0.228. The highest BCUT2D eigenvalue weighted by Crippen LogP contribution is 2.18. The van der Waals surface area contributed by atoms with Crippen LogP contribution in [-0.4, -0.2) is 29.6 Å². The fourth-order valence-electron chi connectivity index (χ4n) is 1.58. The number of nitrogens with zero attached hydrogens (tertiary/aromatic N) is 1. The summed E-state index contributed by atoms with van der Waals surface area (Å²) in [5.41, 5.74) is 1.44. The molecule has 1 N–H and O–H groups in total. The van der Waals surface area contributed by atoms with Gasteiger partial charge in [0.25, 0.3) is 0 Å². The van der Waals surface area contributed by atoms with Crippen LogP contribution in [0.15, 0.2) is 12.3 Å². The van der Waals surface area contributed by atoms with Gasteiger partial charge in [0.1, 0.15) is 0 Å². The van der Waals surface area contributed by atoms with E-state index >= 15 is 0 Å². The molecule has 0 aromatic heterocycles. The lowest BCUT2D eigenvalue weighted by Gasteiger charge is -2.43. The average Bonchev–Trinajstić information content (AvgIpc) is 1.94. The lowest BCUT2D eigenvalue weighted by Crippen LogP contribution is -2.57. The summed E-state index contributed by atoms with van der Waals surface area (Å²) in [6, 6.07) is 0.568. The van der Waals surface area contributed by atoms with E-state index in [9.17, 15) is 0 Å². The average molecular weight is 168 g/mol. The molecule has 1 saturated heterocycles. The van der Waals surface area contributed by atoms with Crippen molar-refractivity contribution in [2.24, 2.45) is 0 Å². The normalized spacial score (nSPS) is 23.4. The first-order valence-electron chi connectivity index (χ1n) is 4.62. The molecular formula is C10H20N2. The van der Waals surface area contributed by atoms with Crippen LogP contribution in [0.5, 0.6) is 0 Å². The van der Waals surface area contributed by atoms with E-state index in [4.69, 9.17) is 0 Å². The summed E-state index contributed by atoms with van der Waals surface area (Å²) in [7, 11) is 0. The quantitative estimate of drug-likeness (QED) is 0.639. The van der Waals surface area contributed by atoms with Gasteiger partial charge in [0.15, 0.2) is 0 Å². The second-order valence-corrected chi connectivity index (χ2v) is 4.53. The Balaban J connectivity index is 2.66. The maximum Gasteiger partial charge on any atom is 0.0355 e. The molecule has 0 spiro atoms. The number of rotatable bonds is 1. The maximum absolute atomic E-state index is 4.05. The molecule has 0 aromatic carbocycles. The van der Waals surface area contributed by atoms with E-state index in [-0.39, 0.29) is 5.54 Å². The first-order valence-corrected chi connectivity index (χ1v) is 4.62. The number of nitrogens with one attached hydrogen (secondary N) is 1. The Morgan fingerprint density at radius 3 is 2.50 bits per heavy atom. The molecule has 1 aliphatic heterocycles. The van der Waals surface area contributed by atoms with Crippen molar-refractivity contribution in [3.8, 4) is 0 Å². The maximum atomic E-state index is 4.05. The van der Waals surface area contributed by atoms with Crippen molar-refractivity contribution in [3.63, 3.8) is 0 Å². The van der Waals surface area contributed by atoms with Crippen molar-refractivity contribution < 1.29 is 0 Å². The molecule has 0 aliphatic carbocycles. The summed E-state index contributed by atoms with van der Waals surface area (Å²) in [5.74, 6) is 0. The summed E-state index contributed by atoms with van der Waals surface area (Å²) < 4.78 is 0. The molecule has 1 aliphatic rings. The third-order valence-electron chi connectivity index (χ3n) is 2.37. The zero-order valence-electron chi connectivity index (χ0n) is 8.65. The molecule has 0 saturated carbocycles. The van der Waals surface area contributed by atoms with Crippen LogP contribution in [0.2, 0.25) is 0 Å². The SMILES string of the molecule is C=C1CNC(C)(C)CN1C(C)C. The Morgan fingerprint density at radius 1 is 1.50 bits per heavy atom. The van der Waals surface area contributed by atoms with Gasteiger partial charge in [0, 0.05) is 30.4 Å². The Kier molecular flexibility index (Phi) is 2.47. The molecule has 70 valence electrons. The van der Waals surface area contributed by atoms with Gasteiger partial charge in [-0.15, -0.1) is 0 Å². The molecule has 2 nitrogen and oxygen atoms in total. The Labute approximate surface area is 75.6 Å². The van der Waals surface area contributed by atoms with E-state index in [0.29, 0.717) is 6.04 Å². The molecule has 0 atom stereocenters. The van der Waals surface area contributed by atoms with Crippen LogP contribution >= 0.6 is 0 Å². The van der Waals surface area contributed by atoms with E-state index in [2.05, 4.69) is 44.5 Å². The summed E-state index contributed by atoms with van der Waals surface area (Å²) in [6.07, 6.45) is 0. The lowest BCUT2D eigenvalue weighted by atomic mass is 10.00. The molecule has 12 heavy (non-hydrogen) atoms. The molecule has 0 bridgehead atoms.